The van der Waals surface area contributed by atoms with Gasteiger partial charge in [0.1, 0.15) is 15.7 Å². The van der Waals surface area contributed by atoms with Crippen LogP contribution < -0.4 is 4.74 Å². The Kier molecular flexibility index (Phi) is 6.57. The van der Waals surface area contributed by atoms with Gasteiger partial charge in [-0.2, -0.15) is 15.1 Å². The van der Waals surface area contributed by atoms with Gasteiger partial charge in [-0.3, -0.25) is 15.0 Å². The van der Waals surface area contributed by atoms with Crippen LogP contribution in [0.4, 0.5) is 0 Å². The molecule has 10 nitrogen and oxygen atoms in total. The van der Waals surface area contributed by atoms with E-state index in [0.717, 1.165) is 11.8 Å². The van der Waals surface area contributed by atoms with Gasteiger partial charge in [0.05, 0.1) is 25.2 Å². The van der Waals surface area contributed by atoms with E-state index in [1.165, 1.54) is 22.4 Å². The fourth-order valence-electron chi connectivity index (χ4n) is 3.51. The van der Waals surface area contributed by atoms with E-state index in [9.17, 15) is 14.4 Å². The van der Waals surface area contributed by atoms with Crippen molar-refractivity contribution < 1.29 is 23.9 Å². The molecule has 35 heavy (non-hydrogen) atoms. The molecule has 2 amide bonds. The van der Waals surface area contributed by atoms with Crippen molar-refractivity contribution in [1.29, 1.82) is 5.41 Å². The van der Waals surface area contributed by atoms with E-state index in [0.29, 0.717) is 47.5 Å². The zero-order valence-corrected chi connectivity index (χ0v) is 19.9. The summed E-state index contributed by atoms with van der Waals surface area (Å²) in [7, 11) is 0. The highest BCUT2D eigenvalue weighted by Gasteiger charge is 2.36. The number of hydrogen-bond acceptors (Lipinski definition) is 9. The highest BCUT2D eigenvalue weighted by molar-refractivity contribution is 8.27. The van der Waals surface area contributed by atoms with Gasteiger partial charge in [0.25, 0.3) is 5.91 Å². The largest absolute Gasteiger partial charge is 0.422 e. The minimum atomic E-state index is -0.557. The van der Waals surface area contributed by atoms with Crippen LogP contribution in [0.1, 0.15) is 21.7 Å². The molecule has 0 spiro atoms. The normalized spacial score (nSPS) is 18.9. The number of amides is 2. The number of carbonyl (C=O) groups excluding carboxylic acids is 3. The Morgan fingerprint density at radius 3 is 2.66 bits per heavy atom. The van der Waals surface area contributed by atoms with Crippen molar-refractivity contribution in [3.8, 4) is 5.75 Å². The number of nitrogens with one attached hydrogen (secondary N) is 1. The number of esters is 1. The number of rotatable bonds is 5. The maximum atomic E-state index is 12.6. The molecule has 1 saturated heterocycles. The van der Waals surface area contributed by atoms with E-state index < -0.39 is 11.9 Å². The summed E-state index contributed by atoms with van der Waals surface area (Å²) < 4.78 is 10.6. The first kappa shape index (κ1) is 23.1. The molecule has 0 aliphatic carbocycles. The standard InChI is InChI=1S/C23H19N5O5S2/c24-20-16(12-14-3-5-15(6-4-14)33-22(31)17-2-1-11-34-17)21(30)25-23-28(20)26-18(35-23)13-19(29)27-7-9-32-10-8-27/h1-6,11-12,24H,7-10,13H2. The number of nitrogens with zero attached hydrogens (tertiary/aromatic N) is 4. The quantitative estimate of drug-likeness (QED) is 0.373. The maximum Gasteiger partial charge on any atom is 0.353 e. The van der Waals surface area contributed by atoms with Gasteiger partial charge in [0.15, 0.2) is 5.84 Å². The first-order valence-electron chi connectivity index (χ1n) is 10.7. The SMILES string of the molecule is N=C1C(=Cc2ccc(OC(=O)c3cccs3)cc2)C(=O)N=C2SC(CC(=O)N3CCOCC3)=NN12. The third-order valence-electron chi connectivity index (χ3n) is 5.29. The predicted octanol–water partition coefficient (Wildman–Crippen LogP) is 2.84. The van der Waals surface area contributed by atoms with Gasteiger partial charge in [-0.15, -0.1) is 11.3 Å². The Morgan fingerprint density at radius 1 is 1.17 bits per heavy atom. The Balaban J connectivity index is 1.27. The predicted molar refractivity (Wildman–Crippen MR) is 133 cm³/mol. The molecule has 12 heteroatoms. The van der Waals surface area contributed by atoms with Crippen molar-refractivity contribution in [3.05, 3.63) is 57.8 Å². The molecule has 1 fully saturated rings. The Labute approximate surface area is 208 Å². The van der Waals surface area contributed by atoms with Crippen molar-refractivity contribution >= 4 is 63.0 Å². The topological polar surface area (TPSA) is 125 Å². The molecule has 4 heterocycles. The lowest BCUT2D eigenvalue weighted by molar-refractivity contribution is -0.133. The highest BCUT2D eigenvalue weighted by atomic mass is 32.2. The molecular weight excluding hydrogens is 490 g/mol. The fraction of sp³-hybridized carbons (Fsp3) is 0.217. The number of hydrazone groups is 1. The molecular formula is C23H19N5O5S2. The molecule has 5 rings (SSSR count). The third-order valence-corrected chi connectivity index (χ3v) is 7.04. The van der Waals surface area contributed by atoms with Crippen LogP contribution in [0.2, 0.25) is 0 Å². The van der Waals surface area contributed by atoms with Gasteiger partial charge in [0, 0.05) is 13.1 Å². The van der Waals surface area contributed by atoms with Crippen molar-refractivity contribution in [2.24, 2.45) is 10.1 Å². The molecule has 0 unspecified atom stereocenters. The van der Waals surface area contributed by atoms with Gasteiger partial charge in [0.2, 0.25) is 11.1 Å². The average molecular weight is 510 g/mol. The van der Waals surface area contributed by atoms with Crippen molar-refractivity contribution in [1.82, 2.24) is 9.91 Å². The van der Waals surface area contributed by atoms with Crippen LogP contribution >= 0.6 is 23.1 Å². The van der Waals surface area contributed by atoms with Crippen LogP contribution in [0.15, 0.2) is 57.4 Å². The number of thioether (sulfide) groups is 1. The molecule has 178 valence electrons. The second-order valence-corrected chi connectivity index (χ2v) is 9.61. The Bertz CT molecular complexity index is 1280. The minimum absolute atomic E-state index is 0.0715. The molecule has 1 aromatic carbocycles. The van der Waals surface area contributed by atoms with Crippen LogP contribution in [0.25, 0.3) is 6.08 Å². The molecule has 0 bridgehead atoms. The zero-order valence-electron chi connectivity index (χ0n) is 18.3. The van der Waals surface area contributed by atoms with Crippen LogP contribution in [-0.2, 0) is 14.3 Å². The first-order chi connectivity index (χ1) is 17.0. The van der Waals surface area contributed by atoms with Crippen LogP contribution in [0.3, 0.4) is 0 Å². The Hall–Kier alpha value is -3.61. The van der Waals surface area contributed by atoms with Gasteiger partial charge >= 0.3 is 5.97 Å². The lowest BCUT2D eigenvalue weighted by atomic mass is 10.1. The smallest absolute Gasteiger partial charge is 0.353 e. The summed E-state index contributed by atoms with van der Waals surface area (Å²) in [5, 5.41) is 16.7. The van der Waals surface area contributed by atoms with Crippen molar-refractivity contribution in [3.63, 3.8) is 0 Å². The Morgan fingerprint density at radius 2 is 1.94 bits per heavy atom. The van der Waals surface area contributed by atoms with Crippen LogP contribution in [-0.4, -0.2) is 70.0 Å². The number of morpholine rings is 1. The average Bonchev–Trinajstić information content (AvgIpc) is 3.54. The van der Waals surface area contributed by atoms with Crippen LogP contribution in [0, 0.1) is 5.41 Å². The van der Waals surface area contributed by atoms with Crippen molar-refractivity contribution in [2.75, 3.05) is 26.3 Å². The summed E-state index contributed by atoms with van der Waals surface area (Å²) in [6, 6.07) is 10.0. The first-order valence-corrected chi connectivity index (χ1v) is 12.4. The minimum Gasteiger partial charge on any atom is -0.422 e. The third kappa shape index (κ3) is 5.09. The summed E-state index contributed by atoms with van der Waals surface area (Å²) in [6.45, 7) is 2.09. The number of aliphatic imine (C=N–C) groups is 1. The number of amidine groups is 2. The summed E-state index contributed by atoms with van der Waals surface area (Å²) in [6.07, 6.45) is 1.61. The van der Waals surface area contributed by atoms with Gasteiger partial charge in [-0.25, -0.2) is 4.79 Å². The number of thiophene rings is 1. The van der Waals surface area contributed by atoms with E-state index in [1.807, 2.05) is 0 Å². The monoisotopic (exact) mass is 509 g/mol. The van der Waals surface area contributed by atoms with E-state index in [2.05, 4.69) is 10.1 Å². The van der Waals surface area contributed by atoms with Gasteiger partial charge in [-0.05, 0) is 47.0 Å². The summed E-state index contributed by atoms with van der Waals surface area (Å²) in [4.78, 5) is 43.5. The summed E-state index contributed by atoms with van der Waals surface area (Å²) in [5.41, 5.74) is 0.702. The van der Waals surface area contributed by atoms with E-state index >= 15 is 0 Å². The summed E-state index contributed by atoms with van der Waals surface area (Å²) >= 11 is 2.41. The number of benzene rings is 1. The maximum absolute atomic E-state index is 12.6. The zero-order chi connectivity index (χ0) is 24.4. The second-order valence-electron chi connectivity index (χ2n) is 7.62. The second kappa shape index (κ2) is 9.94. The number of hydrogen-bond donors (Lipinski definition) is 1. The van der Waals surface area contributed by atoms with E-state index in [4.69, 9.17) is 14.9 Å². The molecule has 0 atom stereocenters. The lowest BCUT2D eigenvalue weighted by Crippen LogP contribution is -2.41. The summed E-state index contributed by atoms with van der Waals surface area (Å²) in [5.74, 6) is -0.823. The van der Waals surface area contributed by atoms with Gasteiger partial charge in [-0.1, -0.05) is 18.2 Å². The fourth-order valence-corrected chi connectivity index (χ4v) is 4.98. The van der Waals surface area contributed by atoms with E-state index in [1.54, 1.807) is 46.7 Å². The van der Waals surface area contributed by atoms with E-state index in [-0.39, 0.29) is 28.9 Å². The van der Waals surface area contributed by atoms with Gasteiger partial charge < -0.3 is 14.4 Å². The lowest BCUT2D eigenvalue weighted by Gasteiger charge is -2.26. The number of carbonyl (C=O) groups is 3. The molecule has 0 radical (unpaired) electrons. The molecule has 3 aliphatic heterocycles. The molecule has 1 aromatic heterocycles. The number of fused-ring (bicyclic) bond motifs is 1. The van der Waals surface area contributed by atoms with Crippen molar-refractivity contribution in [2.45, 2.75) is 6.42 Å². The van der Waals surface area contributed by atoms with Crippen LogP contribution in [0.5, 0.6) is 5.75 Å². The highest BCUT2D eigenvalue weighted by Crippen LogP contribution is 2.30. The molecule has 2 aromatic rings. The number of ether oxygens (including phenoxy) is 2. The molecule has 1 N–H and O–H groups in total. The molecule has 3 aliphatic rings. The molecule has 0 saturated carbocycles.